The minimum Gasteiger partial charge on any atom is -0.352 e. The largest absolute Gasteiger partial charge is 0.418 e. The summed E-state index contributed by atoms with van der Waals surface area (Å²) in [6, 6.07) is 6.61. The van der Waals surface area contributed by atoms with Gasteiger partial charge in [-0.2, -0.15) is 13.2 Å². The van der Waals surface area contributed by atoms with Crippen LogP contribution in [0.3, 0.4) is 0 Å². The van der Waals surface area contributed by atoms with E-state index in [1.54, 1.807) is 24.5 Å². The molecule has 2 amide bonds. The Morgan fingerprint density at radius 1 is 1.11 bits per heavy atom. The second-order valence-corrected chi connectivity index (χ2v) is 6.64. The summed E-state index contributed by atoms with van der Waals surface area (Å²) in [4.78, 5) is 28.2. The molecule has 2 N–H and O–H groups in total. The molecule has 0 saturated heterocycles. The van der Waals surface area contributed by atoms with E-state index in [4.69, 9.17) is 11.6 Å². The van der Waals surface area contributed by atoms with E-state index in [2.05, 4.69) is 15.6 Å². The Morgan fingerprint density at radius 2 is 1.78 bits per heavy atom. The van der Waals surface area contributed by atoms with Gasteiger partial charge in [0.1, 0.15) is 0 Å². The maximum atomic E-state index is 13.1. The Bertz CT molecular complexity index is 859. The van der Waals surface area contributed by atoms with Crippen LogP contribution in [-0.2, 0) is 22.3 Å². The fraction of sp³-hybridized carbons (Fsp3) is 0.278. The van der Waals surface area contributed by atoms with Crippen molar-refractivity contribution in [2.75, 3.05) is 5.32 Å². The molecule has 2 unspecified atom stereocenters. The molecule has 2 atom stereocenters. The SMILES string of the molecule is O=C(NCc1ccncc1)C1CC1C(=O)Nc1ccc(Cl)cc1C(F)(F)F. The summed E-state index contributed by atoms with van der Waals surface area (Å²) >= 11 is 5.61. The van der Waals surface area contributed by atoms with E-state index in [0.29, 0.717) is 13.0 Å². The molecule has 0 aliphatic heterocycles. The van der Waals surface area contributed by atoms with Crippen molar-refractivity contribution < 1.29 is 22.8 Å². The van der Waals surface area contributed by atoms with E-state index in [1.807, 2.05) is 0 Å². The summed E-state index contributed by atoms with van der Waals surface area (Å²) in [6.45, 7) is 0.293. The zero-order valence-corrected chi connectivity index (χ0v) is 14.6. The number of halogens is 4. The monoisotopic (exact) mass is 397 g/mol. The molecule has 0 bridgehead atoms. The second kappa shape index (κ2) is 7.56. The summed E-state index contributed by atoms with van der Waals surface area (Å²) in [5.74, 6) is -2.13. The Balaban J connectivity index is 1.58. The van der Waals surface area contributed by atoms with Crippen LogP contribution < -0.4 is 10.6 Å². The third kappa shape index (κ3) is 4.77. The van der Waals surface area contributed by atoms with Crippen LogP contribution in [0.15, 0.2) is 42.7 Å². The molecule has 1 aromatic heterocycles. The van der Waals surface area contributed by atoms with Crippen molar-refractivity contribution in [3.8, 4) is 0 Å². The zero-order chi connectivity index (χ0) is 19.6. The first-order valence-corrected chi connectivity index (χ1v) is 8.47. The zero-order valence-electron chi connectivity index (χ0n) is 13.9. The number of amides is 2. The highest BCUT2D eigenvalue weighted by atomic mass is 35.5. The molecule has 2 aromatic rings. The van der Waals surface area contributed by atoms with E-state index >= 15 is 0 Å². The van der Waals surface area contributed by atoms with Crippen molar-refractivity contribution in [1.82, 2.24) is 10.3 Å². The first-order valence-electron chi connectivity index (χ1n) is 8.10. The number of hydrogen-bond acceptors (Lipinski definition) is 3. The number of hydrogen-bond donors (Lipinski definition) is 2. The number of carbonyl (C=O) groups is 2. The summed E-state index contributed by atoms with van der Waals surface area (Å²) < 4.78 is 39.3. The molecular formula is C18H15ClF3N3O2. The predicted molar refractivity (Wildman–Crippen MR) is 92.8 cm³/mol. The van der Waals surface area contributed by atoms with Gasteiger partial charge >= 0.3 is 6.18 Å². The van der Waals surface area contributed by atoms with Crippen molar-refractivity contribution in [2.45, 2.75) is 19.1 Å². The molecule has 5 nitrogen and oxygen atoms in total. The third-order valence-electron chi connectivity index (χ3n) is 4.22. The van der Waals surface area contributed by atoms with Gasteiger partial charge in [0.15, 0.2) is 0 Å². The van der Waals surface area contributed by atoms with Crippen LogP contribution >= 0.6 is 11.6 Å². The quantitative estimate of drug-likeness (QED) is 0.809. The van der Waals surface area contributed by atoms with Gasteiger partial charge in [0, 0.05) is 24.0 Å². The Hall–Kier alpha value is -2.61. The Kier molecular flexibility index (Phi) is 5.36. The van der Waals surface area contributed by atoms with E-state index in [0.717, 1.165) is 17.7 Å². The third-order valence-corrected chi connectivity index (χ3v) is 4.46. The van der Waals surface area contributed by atoms with E-state index < -0.39 is 29.5 Å². The van der Waals surface area contributed by atoms with Gasteiger partial charge in [0.25, 0.3) is 0 Å². The minimum absolute atomic E-state index is 0.0832. The first-order chi connectivity index (χ1) is 12.8. The maximum absolute atomic E-state index is 13.1. The number of carbonyl (C=O) groups excluding carboxylic acids is 2. The molecule has 27 heavy (non-hydrogen) atoms. The van der Waals surface area contributed by atoms with Gasteiger partial charge in [0.2, 0.25) is 11.8 Å². The van der Waals surface area contributed by atoms with Gasteiger partial charge in [-0.25, -0.2) is 0 Å². The molecular weight excluding hydrogens is 383 g/mol. The summed E-state index contributed by atoms with van der Waals surface area (Å²) in [7, 11) is 0. The molecule has 1 aliphatic carbocycles. The summed E-state index contributed by atoms with van der Waals surface area (Å²) in [5, 5.41) is 4.88. The molecule has 0 radical (unpaired) electrons. The Morgan fingerprint density at radius 3 is 2.44 bits per heavy atom. The molecule has 1 heterocycles. The standard InChI is InChI=1S/C18H15ClF3N3O2/c19-11-1-2-15(14(7-11)18(20,21)22)25-17(27)13-8-12(13)16(26)24-9-10-3-5-23-6-4-10/h1-7,12-13H,8-9H2,(H,24,26)(H,25,27). The van der Waals surface area contributed by atoms with Crippen LogP contribution in [0.2, 0.25) is 5.02 Å². The highest BCUT2D eigenvalue weighted by molar-refractivity contribution is 6.30. The normalized spacial score (nSPS) is 18.7. The van der Waals surface area contributed by atoms with Gasteiger partial charge < -0.3 is 10.6 Å². The van der Waals surface area contributed by atoms with Crippen LogP contribution in [0, 0.1) is 11.8 Å². The van der Waals surface area contributed by atoms with E-state index in [1.165, 1.54) is 6.07 Å². The average Bonchev–Trinajstić information content (AvgIpc) is 3.42. The molecule has 3 rings (SSSR count). The van der Waals surface area contributed by atoms with Gasteiger partial charge in [0.05, 0.1) is 23.1 Å². The van der Waals surface area contributed by atoms with Crippen LogP contribution in [-0.4, -0.2) is 16.8 Å². The van der Waals surface area contributed by atoms with E-state index in [-0.39, 0.29) is 16.6 Å². The van der Waals surface area contributed by atoms with Crippen molar-refractivity contribution in [1.29, 1.82) is 0 Å². The molecule has 1 saturated carbocycles. The topological polar surface area (TPSA) is 71.1 Å². The van der Waals surface area contributed by atoms with Gasteiger partial charge in [-0.1, -0.05) is 11.6 Å². The molecule has 1 aliphatic rings. The second-order valence-electron chi connectivity index (χ2n) is 6.20. The van der Waals surface area contributed by atoms with Crippen molar-refractivity contribution in [2.24, 2.45) is 11.8 Å². The summed E-state index contributed by atoms with van der Waals surface area (Å²) in [5.41, 5.74) is -0.543. The molecule has 142 valence electrons. The van der Waals surface area contributed by atoms with Crippen LogP contribution in [0.25, 0.3) is 0 Å². The number of nitrogens with one attached hydrogen (secondary N) is 2. The number of alkyl halides is 3. The lowest BCUT2D eigenvalue weighted by molar-refractivity contribution is -0.137. The Labute approximate surface area is 157 Å². The summed E-state index contributed by atoms with van der Waals surface area (Å²) in [6.07, 6.45) is -1.17. The number of rotatable bonds is 5. The molecule has 1 aromatic carbocycles. The molecule has 0 spiro atoms. The first kappa shape index (κ1) is 19.2. The number of pyridine rings is 1. The number of anilines is 1. The fourth-order valence-electron chi connectivity index (χ4n) is 2.68. The van der Waals surface area contributed by atoms with Crippen molar-refractivity contribution in [3.05, 3.63) is 58.9 Å². The van der Waals surface area contributed by atoms with Gasteiger partial charge in [-0.3, -0.25) is 14.6 Å². The molecule has 9 heteroatoms. The lowest BCUT2D eigenvalue weighted by Gasteiger charge is -2.14. The number of nitrogens with zero attached hydrogens (tertiary/aromatic N) is 1. The highest BCUT2D eigenvalue weighted by Gasteiger charge is 2.48. The lowest BCUT2D eigenvalue weighted by Crippen LogP contribution is -2.27. The predicted octanol–water partition coefficient (Wildman–Crippen LogP) is 3.64. The van der Waals surface area contributed by atoms with E-state index in [9.17, 15) is 22.8 Å². The van der Waals surface area contributed by atoms with Gasteiger partial charge in [-0.05, 0) is 42.3 Å². The van der Waals surface area contributed by atoms with Crippen molar-refractivity contribution >= 4 is 29.1 Å². The van der Waals surface area contributed by atoms with Crippen molar-refractivity contribution in [3.63, 3.8) is 0 Å². The lowest BCUT2D eigenvalue weighted by atomic mass is 10.1. The minimum atomic E-state index is -4.65. The smallest absolute Gasteiger partial charge is 0.352 e. The average molecular weight is 398 g/mol. The van der Waals surface area contributed by atoms with Crippen LogP contribution in [0.5, 0.6) is 0 Å². The highest BCUT2D eigenvalue weighted by Crippen LogP contribution is 2.41. The number of aromatic nitrogens is 1. The molecule has 1 fully saturated rings. The fourth-order valence-corrected chi connectivity index (χ4v) is 2.85. The number of benzene rings is 1. The van der Waals surface area contributed by atoms with Crippen LogP contribution in [0.4, 0.5) is 18.9 Å². The maximum Gasteiger partial charge on any atom is 0.418 e. The van der Waals surface area contributed by atoms with Crippen LogP contribution in [0.1, 0.15) is 17.5 Å². The van der Waals surface area contributed by atoms with Gasteiger partial charge in [-0.15, -0.1) is 0 Å².